The number of esters is 1. The van der Waals surface area contributed by atoms with Crippen LogP contribution < -0.4 is 9.64 Å². The van der Waals surface area contributed by atoms with E-state index in [2.05, 4.69) is 4.98 Å². The molecule has 7 nitrogen and oxygen atoms in total. The van der Waals surface area contributed by atoms with Gasteiger partial charge in [0.25, 0.3) is 0 Å². The molecule has 0 atom stereocenters. The van der Waals surface area contributed by atoms with Gasteiger partial charge in [-0.05, 0) is 49.2 Å². The van der Waals surface area contributed by atoms with E-state index in [9.17, 15) is 13.2 Å². The normalized spacial score (nSPS) is 15.2. The summed E-state index contributed by atoms with van der Waals surface area (Å²) in [6.45, 7) is 0. The van der Waals surface area contributed by atoms with Crippen LogP contribution in [-0.4, -0.2) is 50.9 Å². The van der Waals surface area contributed by atoms with Crippen LogP contribution in [0, 0.1) is 0 Å². The molecule has 0 unspecified atom stereocenters. The molecule has 32 heavy (non-hydrogen) atoms. The number of hydrogen-bond acceptors (Lipinski definition) is 7. The molecule has 0 amide bonds. The molecule has 0 N–H and O–H groups in total. The molecular formula is C23H27N3O4S2. The molecule has 0 saturated heterocycles. The van der Waals surface area contributed by atoms with Crippen LogP contribution in [0.5, 0.6) is 5.75 Å². The summed E-state index contributed by atoms with van der Waals surface area (Å²) in [6, 6.07) is 11.3. The third-order valence-electron chi connectivity index (χ3n) is 5.80. The van der Waals surface area contributed by atoms with Gasteiger partial charge in [0, 0.05) is 33.3 Å². The van der Waals surface area contributed by atoms with E-state index in [4.69, 9.17) is 4.74 Å². The Labute approximate surface area is 192 Å². The fraction of sp³-hybridized carbons (Fsp3) is 0.391. The van der Waals surface area contributed by atoms with E-state index in [-0.39, 0.29) is 10.9 Å². The minimum Gasteiger partial charge on any atom is -0.423 e. The number of thiazole rings is 1. The number of sulfonamides is 1. The summed E-state index contributed by atoms with van der Waals surface area (Å²) in [5.41, 5.74) is 1.14. The molecule has 9 heteroatoms. The lowest BCUT2D eigenvalue weighted by molar-refractivity contribution is 0.0735. The minimum atomic E-state index is -3.60. The Hall–Kier alpha value is -2.49. The largest absolute Gasteiger partial charge is 0.423 e. The van der Waals surface area contributed by atoms with Crippen LogP contribution in [0.2, 0.25) is 0 Å². The van der Waals surface area contributed by atoms with E-state index in [0.717, 1.165) is 47.5 Å². The van der Waals surface area contributed by atoms with Gasteiger partial charge in [0.05, 0.1) is 20.7 Å². The predicted molar refractivity (Wildman–Crippen MR) is 127 cm³/mol. The Kier molecular flexibility index (Phi) is 6.50. The maximum atomic E-state index is 13.0. The molecule has 1 aliphatic rings. The summed E-state index contributed by atoms with van der Waals surface area (Å²) < 4.78 is 33.9. The van der Waals surface area contributed by atoms with Gasteiger partial charge in [-0.2, -0.15) is 4.31 Å². The van der Waals surface area contributed by atoms with Crippen LogP contribution in [0.3, 0.4) is 0 Å². The smallest absolute Gasteiger partial charge is 0.343 e. The highest BCUT2D eigenvalue weighted by Crippen LogP contribution is 2.31. The molecule has 1 saturated carbocycles. The molecule has 0 radical (unpaired) electrons. The van der Waals surface area contributed by atoms with Crippen molar-refractivity contribution in [1.82, 2.24) is 9.29 Å². The number of benzene rings is 2. The van der Waals surface area contributed by atoms with Crippen molar-refractivity contribution in [3.63, 3.8) is 0 Å². The van der Waals surface area contributed by atoms with Gasteiger partial charge in [-0.25, -0.2) is 18.2 Å². The van der Waals surface area contributed by atoms with Crippen molar-refractivity contribution in [2.24, 2.45) is 0 Å². The van der Waals surface area contributed by atoms with Gasteiger partial charge < -0.3 is 9.64 Å². The molecule has 1 heterocycles. The van der Waals surface area contributed by atoms with Crippen LogP contribution >= 0.6 is 11.3 Å². The Bertz CT molecular complexity index is 1210. The fourth-order valence-corrected chi connectivity index (χ4v) is 6.22. The third-order valence-corrected chi connectivity index (χ3v) is 8.91. The molecule has 0 spiro atoms. The van der Waals surface area contributed by atoms with Crippen LogP contribution in [0.4, 0.5) is 5.13 Å². The first-order valence-electron chi connectivity index (χ1n) is 10.6. The van der Waals surface area contributed by atoms with E-state index >= 15 is 0 Å². The molecule has 1 aromatic heterocycles. The highest BCUT2D eigenvalue weighted by molar-refractivity contribution is 7.89. The summed E-state index contributed by atoms with van der Waals surface area (Å²) >= 11 is 1.51. The highest BCUT2D eigenvalue weighted by atomic mass is 32.2. The number of aromatic nitrogens is 1. The van der Waals surface area contributed by atoms with Gasteiger partial charge >= 0.3 is 5.97 Å². The van der Waals surface area contributed by atoms with E-state index in [0.29, 0.717) is 11.3 Å². The first-order valence-corrected chi connectivity index (χ1v) is 12.9. The zero-order chi connectivity index (χ0) is 22.9. The first-order chi connectivity index (χ1) is 15.3. The molecular weight excluding hydrogens is 446 g/mol. The van der Waals surface area contributed by atoms with E-state index in [1.54, 1.807) is 19.2 Å². The minimum absolute atomic E-state index is 0.0352. The standard InChI is InChI=1S/C23H27N3O4S2/c1-25(2)23-24-20-14-11-18(15-21(20)31-23)30-22(27)16-9-12-19(13-10-16)32(28,29)26(3)17-7-5-4-6-8-17/h9-15,17H,4-8H2,1-3H3. The molecule has 1 aliphatic carbocycles. The third kappa shape index (κ3) is 4.65. The van der Waals surface area contributed by atoms with Crippen molar-refractivity contribution in [2.75, 3.05) is 26.0 Å². The number of hydrogen-bond donors (Lipinski definition) is 0. The lowest BCUT2D eigenvalue weighted by Gasteiger charge is -2.30. The Morgan fingerprint density at radius 2 is 1.72 bits per heavy atom. The Morgan fingerprint density at radius 3 is 2.38 bits per heavy atom. The van der Waals surface area contributed by atoms with Crippen molar-refractivity contribution in [2.45, 2.75) is 43.0 Å². The van der Waals surface area contributed by atoms with E-state index in [1.807, 2.05) is 25.1 Å². The summed E-state index contributed by atoms with van der Waals surface area (Å²) in [4.78, 5) is 19.2. The maximum Gasteiger partial charge on any atom is 0.343 e. The highest BCUT2D eigenvalue weighted by Gasteiger charge is 2.29. The maximum absolute atomic E-state index is 13.0. The number of carbonyl (C=O) groups is 1. The molecule has 0 aliphatic heterocycles. The van der Waals surface area contributed by atoms with Crippen molar-refractivity contribution in [3.05, 3.63) is 48.0 Å². The van der Waals surface area contributed by atoms with Crippen LogP contribution in [0.1, 0.15) is 42.5 Å². The molecule has 170 valence electrons. The molecule has 1 fully saturated rings. The second kappa shape index (κ2) is 9.17. The number of rotatable bonds is 6. The zero-order valence-corrected chi connectivity index (χ0v) is 20.1. The summed E-state index contributed by atoms with van der Waals surface area (Å²) in [7, 11) is 1.90. The van der Waals surface area contributed by atoms with Gasteiger partial charge in [-0.3, -0.25) is 0 Å². The second-order valence-electron chi connectivity index (χ2n) is 8.25. The SMILES string of the molecule is CN(C)c1nc2ccc(OC(=O)c3ccc(S(=O)(=O)N(C)C4CCCCC4)cc3)cc2s1. The first kappa shape index (κ1) is 22.7. The van der Waals surface area contributed by atoms with Crippen molar-refractivity contribution < 1.29 is 17.9 Å². The predicted octanol–water partition coefficient (Wildman–Crippen LogP) is 4.53. The van der Waals surface area contributed by atoms with Crippen LogP contribution in [-0.2, 0) is 10.0 Å². The second-order valence-corrected chi connectivity index (χ2v) is 11.3. The van der Waals surface area contributed by atoms with Crippen molar-refractivity contribution >= 4 is 42.7 Å². The Morgan fingerprint density at radius 1 is 1.03 bits per heavy atom. The van der Waals surface area contributed by atoms with Crippen molar-refractivity contribution in [1.29, 1.82) is 0 Å². The van der Waals surface area contributed by atoms with Crippen molar-refractivity contribution in [3.8, 4) is 5.75 Å². The average Bonchev–Trinajstić information content (AvgIpc) is 3.23. The lowest BCUT2D eigenvalue weighted by Crippen LogP contribution is -2.38. The molecule has 3 aromatic rings. The van der Waals surface area contributed by atoms with Gasteiger partial charge in [0.15, 0.2) is 5.13 Å². The average molecular weight is 474 g/mol. The van der Waals surface area contributed by atoms with E-state index in [1.165, 1.54) is 39.9 Å². The van der Waals surface area contributed by atoms with Gasteiger partial charge in [0.2, 0.25) is 10.0 Å². The summed E-state index contributed by atoms with van der Waals surface area (Å²) in [5.74, 6) is -0.114. The monoisotopic (exact) mass is 473 g/mol. The Balaban J connectivity index is 1.47. The van der Waals surface area contributed by atoms with E-state index < -0.39 is 16.0 Å². The molecule has 4 rings (SSSR count). The fourth-order valence-electron chi connectivity index (χ4n) is 3.88. The number of nitrogens with zero attached hydrogens (tertiary/aromatic N) is 3. The van der Waals surface area contributed by atoms with Crippen LogP contribution in [0.25, 0.3) is 10.2 Å². The summed E-state index contributed by atoms with van der Waals surface area (Å²) in [5, 5.41) is 0.874. The van der Waals surface area contributed by atoms with Gasteiger partial charge in [0.1, 0.15) is 5.75 Å². The lowest BCUT2D eigenvalue weighted by atomic mass is 9.96. The zero-order valence-electron chi connectivity index (χ0n) is 18.4. The quantitative estimate of drug-likeness (QED) is 0.386. The number of fused-ring (bicyclic) bond motifs is 1. The van der Waals surface area contributed by atoms with Gasteiger partial charge in [-0.15, -0.1) is 0 Å². The number of carbonyl (C=O) groups excluding carboxylic acids is 1. The summed E-state index contributed by atoms with van der Waals surface area (Å²) in [6.07, 6.45) is 5.05. The number of anilines is 1. The van der Waals surface area contributed by atoms with Crippen LogP contribution in [0.15, 0.2) is 47.4 Å². The van der Waals surface area contributed by atoms with Gasteiger partial charge in [-0.1, -0.05) is 30.6 Å². The molecule has 2 aromatic carbocycles. The number of ether oxygens (including phenoxy) is 1. The molecule has 0 bridgehead atoms. The topological polar surface area (TPSA) is 79.8 Å².